The topological polar surface area (TPSA) is 77.8 Å². The van der Waals surface area contributed by atoms with Gasteiger partial charge in [0.15, 0.2) is 10.3 Å². The highest BCUT2D eigenvalue weighted by Crippen LogP contribution is 2.28. The molecule has 0 aliphatic heterocycles. The first kappa shape index (κ1) is 14.7. The summed E-state index contributed by atoms with van der Waals surface area (Å²) in [7, 11) is 0. The van der Waals surface area contributed by atoms with Crippen LogP contribution >= 0.6 is 50.4 Å². The Morgan fingerprint density at radius 3 is 1.76 bits per heavy atom. The van der Waals surface area contributed by atoms with Crippen molar-refractivity contribution < 1.29 is 0 Å². The predicted molar refractivity (Wildman–Crippen MR) is 82.0 cm³/mol. The summed E-state index contributed by atoms with van der Waals surface area (Å²) in [6, 6.07) is 0. The second-order valence-corrected chi connectivity index (χ2v) is 7.49. The van der Waals surface area contributed by atoms with E-state index in [2.05, 4.69) is 25.9 Å². The number of anilines is 2. The molecule has 2 rings (SSSR count). The molecule has 4 N–H and O–H groups in total. The average Bonchev–Trinajstić information content (AvgIpc) is 2.70. The fourth-order valence-corrected chi connectivity index (χ4v) is 3.63. The van der Waals surface area contributed by atoms with Crippen LogP contribution in [0.2, 0.25) is 0 Å². The normalized spacial score (nSPS) is 9.88. The second-order valence-electron chi connectivity index (χ2n) is 3.04. The minimum Gasteiger partial charge on any atom is -0.375 e. The summed E-state index contributed by atoms with van der Waals surface area (Å²) in [6.45, 7) is 3.88. The Morgan fingerprint density at radius 1 is 1.06 bits per heavy atom. The Kier molecular flexibility index (Phi) is 5.71. The minimum absolute atomic E-state index is 0.620. The van der Waals surface area contributed by atoms with E-state index in [1.54, 1.807) is 23.1 Å². The molecule has 17 heavy (non-hydrogen) atoms. The lowest BCUT2D eigenvalue weighted by Gasteiger charge is -1.84. The van der Waals surface area contributed by atoms with Crippen molar-refractivity contribution in [3.05, 3.63) is 15.2 Å². The fourth-order valence-electron chi connectivity index (χ4n) is 0.990. The number of aryl methyl sites for hydroxylation is 2. The molecule has 0 spiro atoms. The van der Waals surface area contributed by atoms with Crippen molar-refractivity contribution in [3.63, 3.8) is 0 Å². The van der Waals surface area contributed by atoms with Gasteiger partial charge >= 0.3 is 0 Å². The third kappa shape index (κ3) is 4.46. The maximum Gasteiger partial charge on any atom is 0.181 e. The third-order valence-electron chi connectivity index (χ3n) is 1.71. The van der Waals surface area contributed by atoms with Gasteiger partial charge in [-0.2, -0.15) is 0 Å². The van der Waals surface area contributed by atoms with E-state index in [1.165, 1.54) is 15.5 Å². The maximum absolute atomic E-state index is 5.45. The SMILES string of the molecule is CSc1sc(N)nc1C.Cc1nc(N)sc1Br. The number of hydrogen-bond acceptors (Lipinski definition) is 7. The number of halogens is 1. The molecule has 0 bridgehead atoms. The monoisotopic (exact) mass is 352 g/mol. The first-order valence-electron chi connectivity index (χ1n) is 4.59. The van der Waals surface area contributed by atoms with Crippen LogP contribution in [0.5, 0.6) is 0 Å². The number of thiazole rings is 2. The number of thioether (sulfide) groups is 1. The van der Waals surface area contributed by atoms with E-state index in [4.69, 9.17) is 11.5 Å². The van der Waals surface area contributed by atoms with Crippen LogP contribution in [0.4, 0.5) is 10.3 Å². The molecule has 0 saturated carbocycles. The summed E-state index contributed by atoms with van der Waals surface area (Å²) in [5.74, 6) is 0. The summed E-state index contributed by atoms with van der Waals surface area (Å²) in [4.78, 5) is 8.02. The number of hydrogen-bond donors (Lipinski definition) is 2. The Morgan fingerprint density at radius 2 is 1.59 bits per heavy atom. The van der Waals surface area contributed by atoms with Gasteiger partial charge in [-0.3, -0.25) is 0 Å². The predicted octanol–water partition coefficient (Wildman–Crippen LogP) is 3.55. The van der Waals surface area contributed by atoms with Gasteiger partial charge in [-0.15, -0.1) is 11.8 Å². The molecule has 0 radical (unpaired) electrons. The van der Waals surface area contributed by atoms with Gasteiger partial charge in [0.05, 0.1) is 19.4 Å². The zero-order valence-electron chi connectivity index (χ0n) is 9.65. The molecule has 0 saturated heterocycles. The van der Waals surface area contributed by atoms with E-state index in [0.717, 1.165) is 15.2 Å². The van der Waals surface area contributed by atoms with Crippen molar-refractivity contribution in [1.29, 1.82) is 0 Å². The van der Waals surface area contributed by atoms with E-state index >= 15 is 0 Å². The average molecular weight is 353 g/mol. The number of rotatable bonds is 1. The highest BCUT2D eigenvalue weighted by atomic mass is 79.9. The molecule has 94 valence electrons. The zero-order chi connectivity index (χ0) is 13.0. The third-order valence-corrected chi connectivity index (χ3v) is 5.74. The van der Waals surface area contributed by atoms with Crippen molar-refractivity contribution in [2.75, 3.05) is 17.7 Å². The number of nitrogen functional groups attached to an aromatic ring is 2. The van der Waals surface area contributed by atoms with E-state index < -0.39 is 0 Å². The second kappa shape index (κ2) is 6.58. The molecule has 2 heterocycles. The van der Waals surface area contributed by atoms with Gasteiger partial charge in [0.1, 0.15) is 0 Å². The lowest BCUT2D eigenvalue weighted by Crippen LogP contribution is -1.80. The molecule has 8 heteroatoms. The molecule has 0 atom stereocenters. The van der Waals surface area contributed by atoms with Gasteiger partial charge in [-0.05, 0) is 36.0 Å². The summed E-state index contributed by atoms with van der Waals surface area (Å²) < 4.78 is 2.24. The van der Waals surface area contributed by atoms with Crippen molar-refractivity contribution in [2.45, 2.75) is 18.1 Å². The smallest absolute Gasteiger partial charge is 0.181 e. The van der Waals surface area contributed by atoms with Crippen molar-refractivity contribution in [3.8, 4) is 0 Å². The van der Waals surface area contributed by atoms with Gasteiger partial charge in [0.2, 0.25) is 0 Å². The minimum atomic E-state index is 0.620. The molecule has 0 fully saturated rings. The van der Waals surface area contributed by atoms with E-state index in [0.29, 0.717) is 10.3 Å². The molecule has 0 amide bonds. The molecule has 0 aliphatic carbocycles. The van der Waals surface area contributed by atoms with E-state index in [1.807, 2.05) is 20.1 Å². The Labute approximate surface area is 121 Å². The molecule has 2 aromatic heterocycles. The largest absolute Gasteiger partial charge is 0.375 e. The number of aromatic nitrogens is 2. The molecule has 0 aromatic carbocycles. The Hall–Kier alpha value is -0.310. The highest BCUT2D eigenvalue weighted by molar-refractivity contribution is 9.11. The van der Waals surface area contributed by atoms with Crippen LogP contribution in [0.25, 0.3) is 0 Å². The number of nitrogens with two attached hydrogens (primary N) is 2. The standard InChI is InChI=1S/C5H8N2S2.C4H5BrN2S/c1-3-4(8-2)9-5(6)7-3;1-2-3(5)8-4(6)7-2/h1-2H3,(H2,6,7);1H3,(H2,6,7). The molecule has 4 nitrogen and oxygen atoms in total. The molecular formula is C9H13BrN4S3. The van der Waals surface area contributed by atoms with Gasteiger partial charge in [-0.25, -0.2) is 9.97 Å². The van der Waals surface area contributed by atoms with Crippen LogP contribution in [0.1, 0.15) is 11.4 Å². The summed E-state index contributed by atoms with van der Waals surface area (Å²) >= 11 is 7.98. The van der Waals surface area contributed by atoms with Gasteiger partial charge in [0.25, 0.3) is 0 Å². The van der Waals surface area contributed by atoms with E-state index in [9.17, 15) is 0 Å². The molecule has 2 aromatic rings. The van der Waals surface area contributed by atoms with Crippen molar-refractivity contribution in [1.82, 2.24) is 9.97 Å². The number of nitrogens with zero attached hydrogens (tertiary/aromatic N) is 2. The van der Waals surface area contributed by atoms with Crippen LogP contribution in [0, 0.1) is 13.8 Å². The maximum atomic E-state index is 5.45. The van der Waals surface area contributed by atoms with Crippen LogP contribution in [0.15, 0.2) is 8.00 Å². The van der Waals surface area contributed by atoms with E-state index in [-0.39, 0.29) is 0 Å². The van der Waals surface area contributed by atoms with Crippen molar-refractivity contribution in [2.24, 2.45) is 0 Å². The van der Waals surface area contributed by atoms with Crippen molar-refractivity contribution >= 4 is 60.6 Å². The first-order valence-corrected chi connectivity index (χ1v) is 8.24. The van der Waals surface area contributed by atoms with Crippen LogP contribution in [-0.2, 0) is 0 Å². The summed E-state index contributed by atoms with van der Waals surface area (Å²) in [5.41, 5.74) is 12.8. The van der Waals surface area contributed by atoms with Gasteiger partial charge < -0.3 is 11.5 Å². The first-order chi connectivity index (χ1) is 7.93. The quantitative estimate of drug-likeness (QED) is 0.767. The van der Waals surface area contributed by atoms with Gasteiger partial charge in [-0.1, -0.05) is 22.7 Å². The highest BCUT2D eigenvalue weighted by Gasteiger charge is 2.01. The molecule has 0 aliphatic rings. The van der Waals surface area contributed by atoms with Crippen LogP contribution in [-0.4, -0.2) is 16.2 Å². The summed E-state index contributed by atoms with van der Waals surface area (Å²) in [5, 5.41) is 1.28. The molecular weight excluding hydrogens is 340 g/mol. The fraction of sp³-hybridized carbons (Fsp3) is 0.333. The zero-order valence-corrected chi connectivity index (χ0v) is 13.7. The van der Waals surface area contributed by atoms with Crippen LogP contribution in [0.3, 0.4) is 0 Å². The molecule has 0 unspecified atom stereocenters. The van der Waals surface area contributed by atoms with Gasteiger partial charge in [0, 0.05) is 0 Å². The Bertz CT molecular complexity index is 475. The Balaban J connectivity index is 0.000000171. The van der Waals surface area contributed by atoms with Crippen LogP contribution < -0.4 is 11.5 Å². The lowest BCUT2D eigenvalue weighted by atomic mass is 10.6. The summed E-state index contributed by atoms with van der Waals surface area (Å²) in [6.07, 6.45) is 2.03. The lowest BCUT2D eigenvalue weighted by molar-refractivity contribution is 1.22.